The molecule has 2 aromatic carbocycles. The predicted molar refractivity (Wildman–Crippen MR) is 97.9 cm³/mol. The quantitative estimate of drug-likeness (QED) is 0.767. The van der Waals surface area contributed by atoms with E-state index < -0.39 is 10.0 Å². The Morgan fingerprint density at radius 1 is 0.875 bits per heavy atom. The van der Waals surface area contributed by atoms with E-state index in [2.05, 4.69) is 20.7 Å². The average Bonchev–Trinajstić information content (AvgIpc) is 2.58. The van der Waals surface area contributed by atoms with Crippen LogP contribution in [0.15, 0.2) is 57.9 Å². The van der Waals surface area contributed by atoms with Gasteiger partial charge in [-0.05, 0) is 61.4 Å². The monoisotopic (exact) mass is 409 g/mol. The van der Waals surface area contributed by atoms with Crippen molar-refractivity contribution >= 4 is 26.0 Å². The standard InChI is InChI=1S/C18H20BrNO3S/c19-14-6-8-16(9-7-14)23-17-10-12-18(13-11-17)24(21,22)20-15-4-2-1-3-5-15/h6-13,15,20H,1-5H2. The lowest BCUT2D eigenvalue weighted by Gasteiger charge is -2.22. The van der Waals surface area contributed by atoms with Crippen LogP contribution in [-0.2, 0) is 10.0 Å². The number of ether oxygens (including phenoxy) is 1. The Morgan fingerprint density at radius 3 is 2.00 bits per heavy atom. The van der Waals surface area contributed by atoms with Crippen LogP contribution in [0.1, 0.15) is 32.1 Å². The van der Waals surface area contributed by atoms with Crippen molar-refractivity contribution < 1.29 is 13.2 Å². The van der Waals surface area contributed by atoms with Gasteiger partial charge in [-0.15, -0.1) is 0 Å². The first-order valence-electron chi connectivity index (χ1n) is 8.09. The number of rotatable bonds is 5. The highest BCUT2D eigenvalue weighted by Gasteiger charge is 2.21. The molecule has 1 saturated carbocycles. The lowest BCUT2D eigenvalue weighted by atomic mass is 9.96. The molecule has 1 aliphatic rings. The second-order valence-electron chi connectivity index (χ2n) is 5.98. The van der Waals surface area contributed by atoms with E-state index in [0.717, 1.165) is 30.2 Å². The highest BCUT2D eigenvalue weighted by molar-refractivity contribution is 9.10. The van der Waals surface area contributed by atoms with Gasteiger partial charge in [-0.25, -0.2) is 13.1 Å². The van der Waals surface area contributed by atoms with Gasteiger partial charge in [-0.1, -0.05) is 35.2 Å². The zero-order valence-corrected chi connectivity index (χ0v) is 15.6. The third-order valence-corrected chi connectivity index (χ3v) is 6.18. The minimum atomic E-state index is -3.47. The second kappa shape index (κ2) is 7.68. The molecule has 24 heavy (non-hydrogen) atoms. The topological polar surface area (TPSA) is 55.4 Å². The molecule has 0 spiro atoms. The first-order chi connectivity index (χ1) is 11.5. The van der Waals surface area contributed by atoms with Crippen LogP contribution in [0.2, 0.25) is 0 Å². The minimum absolute atomic E-state index is 0.0578. The molecule has 0 amide bonds. The molecule has 0 bridgehead atoms. The lowest BCUT2D eigenvalue weighted by Crippen LogP contribution is -2.36. The molecule has 0 heterocycles. The Balaban J connectivity index is 1.67. The molecule has 0 aromatic heterocycles. The van der Waals surface area contributed by atoms with E-state index in [1.165, 1.54) is 6.42 Å². The third kappa shape index (κ3) is 4.59. The third-order valence-electron chi connectivity index (χ3n) is 4.11. The Hall–Kier alpha value is -1.37. The summed E-state index contributed by atoms with van der Waals surface area (Å²) in [6.07, 6.45) is 5.22. The van der Waals surface area contributed by atoms with E-state index in [4.69, 9.17) is 4.74 Å². The van der Waals surface area contributed by atoms with Crippen LogP contribution in [0, 0.1) is 0 Å². The summed E-state index contributed by atoms with van der Waals surface area (Å²) < 4.78 is 34.4. The number of nitrogens with one attached hydrogen (secondary N) is 1. The molecule has 6 heteroatoms. The fraction of sp³-hybridized carbons (Fsp3) is 0.333. The van der Waals surface area contributed by atoms with Crippen molar-refractivity contribution in [1.29, 1.82) is 0 Å². The van der Waals surface area contributed by atoms with Crippen molar-refractivity contribution in [2.45, 2.75) is 43.0 Å². The van der Waals surface area contributed by atoms with Gasteiger partial charge in [-0.2, -0.15) is 0 Å². The van der Waals surface area contributed by atoms with Gasteiger partial charge in [0, 0.05) is 10.5 Å². The van der Waals surface area contributed by atoms with E-state index in [1.54, 1.807) is 24.3 Å². The molecule has 0 radical (unpaired) electrons. The summed E-state index contributed by atoms with van der Waals surface area (Å²) in [5, 5.41) is 0. The number of sulfonamides is 1. The van der Waals surface area contributed by atoms with Gasteiger partial charge in [0.1, 0.15) is 11.5 Å². The molecule has 1 fully saturated rings. The van der Waals surface area contributed by atoms with Crippen molar-refractivity contribution in [3.63, 3.8) is 0 Å². The zero-order valence-electron chi connectivity index (χ0n) is 13.2. The van der Waals surface area contributed by atoms with E-state index in [0.29, 0.717) is 11.5 Å². The highest BCUT2D eigenvalue weighted by atomic mass is 79.9. The Morgan fingerprint density at radius 2 is 1.42 bits per heavy atom. The van der Waals surface area contributed by atoms with Crippen LogP contribution in [-0.4, -0.2) is 14.5 Å². The molecule has 1 N–H and O–H groups in total. The van der Waals surface area contributed by atoms with E-state index in [-0.39, 0.29) is 10.9 Å². The van der Waals surface area contributed by atoms with Crippen LogP contribution >= 0.6 is 15.9 Å². The highest BCUT2D eigenvalue weighted by Crippen LogP contribution is 2.25. The Bertz CT molecular complexity index is 767. The van der Waals surface area contributed by atoms with E-state index in [1.807, 2.05) is 24.3 Å². The molecular weight excluding hydrogens is 390 g/mol. The van der Waals surface area contributed by atoms with Gasteiger partial charge < -0.3 is 4.74 Å². The molecule has 4 nitrogen and oxygen atoms in total. The molecule has 0 atom stereocenters. The van der Waals surface area contributed by atoms with E-state index >= 15 is 0 Å². The maximum Gasteiger partial charge on any atom is 0.240 e. The predicted octanol–water partition coefficient (Wildman–Crippen LogP) is 4.85. The van der Waals surface area contributed by atoms with Gasteiger partial charge in [0.2, 0.25) is 10.0 Å². The summed E-state index contributed by atoms with van der Waals surface area (Å²) in [5.41, 5.74) is 0. The smallest absolute Gasteiger partial charge is 0.240 e. The number of benzene rings is 2. The molecule has 1 aliphatic carbocycles. The van der Waals surface area contributed by atoms with Crippen LogP contribution in [0.25, 0.3) is 0 Å². The lowest BCUT2D eigenvalue weighted by molar-refractivity contribution is 0.412. The van der Waals surface area contributed by atoms with Gasteiger partial charge >= 0.3 is 0 Å². The molecule has 0 saturated heterocycles. The summed E-state index contributed by atoms with van der Waals surface area (Å²) in [6, 6.07) is 14.1. The molecule has 128 valence electrons. The van der Waals surface area contributed by atoms with Crippen LogP contribution < -0.4 is 9.46 Å². The maximum absolute atomic E-state index is 12.5. The normalized spacial score (nSPS) is 16.0. The number of hydrogen-bond donors (Lipinski definition) is 1. The van der Waals surface area contributed by atoms with Crippen molar-refractivity contribution in [2.75, 3.05) is 0 Å². The van der Waals surface area contributed by atoms with Crippen LogP contribution in [0.3, 0.4) is 0 Å². The van der Waals surface area contributed by atoms with Crippen molar-refractivity contribution in [3.8, 4) is 11.5 Å². The van der Waals surface area contributed by atoms with Gasteiger partial charge in [0.25, 0.3) is 0 Å². The van der Waals surface area contributed by atoms with Crippen molar-refractivity contribution in [3.05, 3.63) is 53.0 Å². The van der Waals surface area contributed by atoms with Crippen molar-refractivity contribution in [1.82, 2.24) is 4.72 Å². The molecular formula is C18H20BrNO3S. The number of hydrogen-bond acceptors (Lipinski definition) is 3. The van der Waals surface area contributed by atoms with Gasteiger partial charge in [0.05, 0.1) is 4.90 Å². The molecule has 2 aromatic rings. The summed E-state index contributed by atoms with van der Waals surface area (Å²) in [5.74, 6) is 1.31. The zero-order chi connectivity index (χ0) is 17.0. The minimum Gasteiger partial charge on any atom is -0.457 e. The summed E-state index contributed by atoms with van der Waals surface area (Å²) in [6.45, 7) is 0. The fourth-order valence-electron chi connectivity index (χ4n) is 2.83. The number of halogens is 1. The fourth-order valence-corrected chi connectivity index (χ4v) is 4.40. The molecule has 0 aliphatic heterocycles. The van der Waals surface area contributed by atoms with Crippen LogP contribution in [0.5, 0.6) is 11.5 Å². The van der Waals surface area contributed by atoms with Crippen LogP contribution in [0.4, 0.5) is 0 Å². The largest absolute Gasteiger partial charge is 0.457 e. The first kappa shape index (κ1) is 17.5. The van der Waals surface area contributed by atoms with Gasteiger partial charge in [-0.3, -0.25) is 0 Å². The second-order valence-corrected chi connectivity index (χ2v) is 8.61. The van der Waals surface area contributed by atoms with Gasteiger partial charge in [0.15, 0.2) is 0 Å². The molecule has 0 unspecified atom stereocenters. The average molecular weight is 410 g/mol. The Labute approximate surface area is 151 Å². The van der Waals surface area contributed by atoms with Crippen molar-refractivity contribution in [2.24, 2.45) is 0 Å². The first-order valence-corrected chi connectivity index (χ1v) is 10.4. The van der Waals surface area contributed by atoms with E-state index in [9.17, 15) is 8.42 Å². The summed E-state index contributed by atoms with van der Waals surface area (Å²) in [4.78, 5) is 0.274. The maximum atomic E-state index is 12.5. The molecule has 3 rings (SSSR count). The Kier molecular flexibility index (Phi) is 5.58. The summed E-state index contributed by atoms with van der Waals surface area (Å²) in [7, 11) is -3.47. The SMILES string of the molecule is O=S(=O)(NC1CCCCC1)c1ccc(Oc2ccc(Br)cc2)cc1. The summed E-state index contributed by atoms with van der Waals surface area (Å²) >= 11 is 3.37.